The summed E-state index contributed by atoms with van der Waals surface area (Å²) in [7, 11) is 0. The summed E-state index contributed by atoms with van der Waals surface area (Å²) in [6.45, 7) is 2.33. The van der Waals surface area contributed by atoms with Gasteiger partial charge < -0.3 is 14.2 Å². The number of benzene rings is 3. The minimum atomic E-state index is -0.695. The third-order valence-corrected chi connectivity index (χ3v) is 4.26. The van der Waals surface area contributed by atoms with Gasteiger partial charge in [0.15, 0.2) is 6.10 Å². The lowest BCUT2D eigenvalue weighted by Gasteiger charge is -2.14. The Labute approximate surface area is 169 Å². The Kier molecular flexibility index (Phi) is 6.93. The topological polar surface area (TPSA) is 44.8 Å². The zero-order valence-electron chi connectivity index (χ0n) is 15.5. The van der Waals surface area contributed by atoms with Crippen molar-refractivity contribution in [2.75, 3.05) is 0 Å². The van der Waals surface area contributed by atoms with Crippen LogP contribution >= 0.6 is 11.6 Å². The van der Waals surface area contributed by atoms with Crippen molar-refractivity contribution in [3.63, 3.8) is 0 Å². The lowest BCUT2D eigenvalue weighted by molar-refractivity contribution is -0.152. The Morgan fingerprint density at radius 1 is 0.821 bits per heavy atom. The maximum Gasteiger partial charge on any atom is 0.347 e. The van der Waals surface area contributed by atoms with Crippen molar-refractivity contribution in [1.29, 1.82) is 0 Å². The van der Waals surface area contributed by atoms with Gasteiger partial charge in [0.1, 0.15) is 24.7 Å². The van der Waals surface area contributed by atoms with Crippen LogP contribution in [0.15, 0.2) is 78.9 Å². The molecule has 3 rings (SSSR count). The molecule has 5 heteroatoms. The molecule has 0 radical (unpaired) electrons. The van der Waals surface area contributed by atoms with Crippen molar-refractivity contribution in [2.24, 2.45) is 0 Å². The van der Waals surface area contributed by atoms with Crippen LogP contribution in [0.5, 0.6) is 11.5 Å². The van der Waals surface area contributed by atoms with E-state index < -0.39 is 12.1 Å². The number of esters is 1. The molecule has 0 amide bonds. The van der Waals surface area contributed by atoms with E-state index in [0.717, 1.165) is 16.9 Å². The Morgan fingerprint density at radius 3 is 2.11 bits per heavy atom. The van der Waals surface area contributed by atoms with Gasteiger partial charge in [0.25, 0.3) is 0 Å². The van der Waals surface area contributed by atoms with Gasteiger partial charge in [-0.05, 0) is 54.4 Å². The molecule has 0 spiro atoms. The van der Waals surface area contributed by atoms with E-state index in [1.165, 1.54) is 0 Å². The molecule has 0 saturated carbocycles. The standard InChI is InChI=1S/C23H21ClO4/c1-17(23(25)27-16-18-5-3-2-4-6-18)28-22-11-7-19(8-12-22)15-26-21-13-9-20(24)10-14-21/h2-14,17H,15-16H2,1H3. The van der Waals surface area contributed by atoms with E-state index in [9.17, 15) is 4.79 Å². The van der Waals surface area contributed by atoms with E-state index >= 15 is 0 Å². The molecular formula is C23H21ClO4. The molecule has 1 unspecified atom stereocenters. The molecule has 0 bridgehead atoms. The summed E-state index contributed by atoms with van der Waals surface area (Å²) in [5, 5.41) is 0.672. The molecule has 0 aliphatic carbocycles. The molecule has 0 heterocycles. The summed E-state index contributed by atoms with van der Waals surface area (Å²) >= 11 is 5.86. The molecule has 0 saturated heterocycles. The molecule has 0 aliphatic rings. The van der Waals surface area contributed by atoms with Crippen LogP contribution in [0.4, 0.5) is 0 Å². The normalized spacial score (nSPS) is 11.5. The van der Waals surface area contributed by atoms with Crippen LogP contribution < -0.4 is 9.47 Å². The van der Waals surface area contributed by atoms with E-state index in [1.54, 1.807) is 19.1 Å². The number of ether oxygens (including phenoxy) is 3. The number of hydrogen-bond donors (Lipinski definition) is 0. The molecule has 3 aromatic carbocycles. The van der Waals surface area contributed by atoms with Crippen LogP contribution in [0, 0.1) is 0 Å². The molecule has 0 aromatic heterocycles. The average Bonchev–Trinajstić information content (AvgIpc) is 2.73. The van der Waals surface area contributed by atoms with Gasteiger partial charge in [-0.15, -0.1) is 0 Å². The highest BCUT2D eigenvalue weighted by Crippen LogP contribution is 2.19. The first-order chi connectivity index (χ1) is 13.6. The van der Waals surface area contributed by atoms with Crippen LogP contribution in [0.1, 0.15) is 18.1 Å². The van der Waals surface area contributed by atoms with Crippen LogP contribution in [0.25, 0.3) is 0 Å². The van der Waals surface area contributed by atoms with E-state index in [0.29, 0.717) is 17.4 Å². The first-order valence-electron chi connectivity index (χ1n) is 8.95. The third kappa shape index (κ3) is 6.03. The van der Waals surface area contributed by atoms with Crippen molar-refractivity contribution >= 4 is 17.6 Å². The van der Waals surface area contributed by atoms with Crippen LogP contribution in [0.2, 0.25) is 5.02 Å². The lowest BCUT2D eigenvalue weighted by Crippen LogP contribution is -2.26. The van der Waals surface area contributed by atoms with E-state index in [4.69, 9.17) is 25.8 Å². The van der Waals surface area contributed by atoms with E-state index in [1.807, 2.05) is 66.7 Å². The second kappa shape index (κ2) is 9.81. The highest BCUT2D eigenvalue weighted by atomic mass is 35.5. The highest BCUT2D eigenvalue weighted by molar-refractivity contribution is 6.30. The average molecular weight is 397 g/mol. The summed E-state index contributed by atoms with van der Waals surface area (Å²) in [6, 6.07) is 24.2. The fourth-order valence-electron chi connectivity index (χ4n) is 2.46. The molecule has 3 aromatic rings. The quantitative estimate of drug-likeness (QED) is 0.476. The van der Waals surface area contributed by atoms with Gasteiger partial charge in [0, 0.05) is 5.02 Å². The molecule has 144 valence electrons. The largest absolute Gasteiger partial charge is 0.489 e. The van der Waals surface area contributed by atoms with Crippen molar-refractivity contribution in [3.05, 3.63) is 95.0 Å². The van der Waals surface area contributed by atoms with E-state index in [-0.39, 0.29) is 6.61 Å². The number of rotatable bonds is 8. The van der Waals surface area contributed by atoms with Crippen LogP contribution in [-0.4, -0.2) is 12.1 Å². The molecular weight excluding hydrogens is 376 g/mol. The van der Waals surface area contributed by atoms with E-state index in [2.05, 4.69) is 0 Å². The molecule has 28 heavy (non-hydrogen) atoms. The van der Waals surface area contributed by atoms with Gasteiger partial charge in [-0.3, -0.25) is 0 Å². The van der Waals surface area contributed by atoms with Gasteiger partial charge in [0.05, 0.1) is 0 Å². The van der Waals surface area contributed by atoms with Gasteiger partial charge in [-0.25, -0.2) is 4.79 Å². The molecule has 0 fully saturated rings. The SMILES string of the molecule is CC(Oc1ccc(COc2ccc(Cl)cc2)cc1)C(=O)OCc1ccccc1. The maximum absolute atomic E-state index is 12.1. The van der Waals surface area contributed by atoms with Crippen molar-refractivity contribution < 1.29 is 19.0 Å². The monoisotopic (exact) mass is 396 g/mol. The Bertz CT molecular complexity index is 877. The first kappa shape index (κ1) is 19.8. The lowest BCUT2D eigenvalue weighted by atomic mass is 10.2. The molecule has 4 nitrogen and oxygen atoms in total. The minimum absolute atomic E-state index is 0.231. The minimum Gasteiger partial charge on any atom is -0.489 e. The maximum atomic E-state index is 12.1. The second-order valence-corrected chi connectivity index (χ2v) is 6.68. The van der Waals surface area contributed by atoms with Crippen molar-refractivity contribution in [1.82, 2.24) is 0 Å². The Balaban J connectivity index is 1.46. The number of halogens is 1. The smallest absolute Gasteiger partial charge is 0.347 e. The van der Waals surface area contributed by atoms with Gasteiger partial charge in [-0.1, -0.05) is 54.1 Å². The van der Waals surface area contributed by atoms with Gasteiger partial charge >= 0.3 is 5.97 Å². The summed E-state index contributed by atoms with van der Waals surface area (Å²) in [5.41, 5.74) is 1.93. The third-order valence-electron chi connectivity index (χ3n) is 4.01. The van der Waals surface area contributed by atoms with Crippen molar-refractivity contribution in [2.45, 2.75) is 26.2 Å². The fourth-order valence-corrected chi connectivity index (χ4v) is 2.59. The number of hydrogen-bond acceptors (Lipinski definition) is 4. The Morgan fingerprint density at radius 2 is 1.43 bits per heavy atom. The highest BCUT2D eigenvalue weighted by Gasteiger charge is 2.16. The van der Waals surface area contributed by atoms with Crippen LogP contribution in [-0.2, 0) is 22.7 Å². The molecule has 0 aliphatic heterocycles. The molecule has 1 atom stereocenters. The fraction of sp³-hybridized carbons (Fsp3) is 0.174. The summed E-state index contributed by atoms with van der Waals surface area (Å²) in [5.74, 6) is 0.943. The zero-order valence-corrected chi connectivity index (χ0v) is 16.3. The van der Waals surface area contributed by atoms with Crippen LogP contribution in [0.3, 0.4) is 0 Å². The first-order valence-corrected chi connectivity index (χ1v) is 9.32. The number of carbonyl (C=O) groups is 1. The number of carbonyl (C=O) groups excluding carboxylic acids is 1. The molecule has 0 N–H and O–H groups in total. The second-order valence-electron chi connectivity index (χ2n) is 6.24. The zero-order chi connectivity index (χ0) is 19.8. The van der Waals surface area contributed by atoms with Gasteiger partial charge in [-0.2, -0.15) is 0 Å². The Hall–Kier alpha value is -2.98. The summed E-state index contributed by atoms with van der Waals surface area (Å²) in [6.07, 6.45) is -0.695. The van der Waals surface area contributed by atoms with Gasteiger partial charge in [0.2, 0.25) is 0 Å². The summed E-state index contributed by atoms with van der Waals surface area (Å²) < 4.78 is 16.7. The summed E-state index contributed by atoms with van der Waals surface area (Å²) in [4.78, 5) is 12.1. The van der Waals surface area contributed by atoms with Crippen molar-refractivity contribution in [3.8, 4) is 11.5 Å². The predicted molar refractivity (Wildman–Crippen MR) is 109 cm³/mol. The predicted octanol–water partition coefficient (Wildman–Crippen LogP) is 5.43.